The minimum atomic E-state index is 0.453. The third kappa shape index (κ3) is 6.18. The van der Waals surface area contributed by atoms with E-state index in [0.717, 1.165) is 79.9 Å². The monoisotopic (exact) mass is 500 g/mol. The molecule has 5 heteroatoms. The number of fused-ring (bicyclic) bond motifs is 1. The second kappa shape index (κ2) is 12.1. The van der Waals surface area contributed by atoms with Crippen molar-refractivity contribution in [3.63, 3.8) is 0 Å². The fraction of sp³-hybridized carbons (Fsp3) is 0.387. The van der Waals surface area contributed by atoms with Gasteiger partial charge in [-0.3, -0.25) is 14.8 Å². The molecule has 2 aliphatic carbocycles. The van der Waals surface area contributed by atoms with Gasteiger partial charge in [0.1, 0.15) is 0 Å². The highest BCUT2D eigenvalue weighted by molar-refractivity contribution is 6.34. The van der Waals surface area contributed by atoms with E-state index in [1.807, 2.05) is 18.3 Å². The minimum Gasteiger partial charge on any atom is -0.383 e. The molecule has 2 heterocycles. The summed E-state index contributed by atoms with van der Waals surface area (Å²) in [6.45, 7) is 9.80. The lowest BCUT2D eigenvalue weighted by molar-refractivity contribution is 0.133. The van der Waals surface area contributed by atoms with Gasteiger partial charge in [-0.05, 0) is 55.0 Å². The van der Waals surface area contributed by atoms with Gasteiger partial charge in [0, 0.05) is 73.9 Å². The number of aryl methyl sites for hydroxylation is 1. The number of aromatic nitrogens is 1. The molecule has 0 saturated carbocycles. The molecule has 0 spiro atoms. The number of anilines is 1. The molecule has 1 aliphatic heterocycles. The van der Waals surface area contributed by atoms with Gasteiger partial charge in [-0.25, -0.2) is 0 Å². The molecule has 0 amide bonds. The first-order chi connectivity index (χ1) is 17.7. The lowest BCUT2D eigenvalue weighted by Gasteiger charge is -2.37. The lowest BCUT2D eigenvalue weighted by atomic mass is 9.85. The van der Waals surface area contributed by atoms with E-state index < -0.39 is 0 Å². The van der Waals surface area contributed by atoms with Gasteiger partial charge in [0.2, 0.25) is 0 Å². The van der Waals surface area contributed by atoms with Crippen molar-refractivity contribution in [2.24, 2.45) is 0 Å². The average Bonchev–Trinajstić information content (AvgIpc) is 3.10. The zero-order chi connectivity index (χ0) is 24.7. The number of allylic oxidation sites excluding steroid dienone is 5. The van der Waals surface area contributed by atoms with Crippen LogP contribution in [0.3, 0.4) is 0 Å². The van der Waals surface area contributed by atoms with Crippen molar-refractivity contribution in [2.75, 3.05) is 51.1 Å². The number of benzene rings is 1. The van der Waals surface area contributed by atoms with E-state index in [9.17, 15) is 0 Å². The van der Waals surface area contributed by atoms with Gasteiger partial charge in [0.15, 0.2) is 0 Å². The molecule has 1 unspecified atom stereocenters. The Balaban J connectivity index is 1.16. The molecular weight excluding hydrogens is 464 g/mol. The van der Waals surface area contributed by atoms with Gasteiger partial charge >= 0.3 is 0 Å². The van der Waals surface area contributed by atoms with Gasteiger partial charge in [0.05, 0.1) is 5.35 Å². The first-order valence-corrected chi connectivity index (χ1v) is 13.7. The van der Waals surface area contributed by atoms with E-state index in [1.165, 1.54) is 23.1 Å². The number of pyridine rings is 1. The second-order valence-electron chi connectivity index (χ2n) is 9.99. The van der Waals surface area contributed by atoms with Crippen LogP contribution in [0.15, 0.2) is 71.4 Å². The predicted octanol–water partition coefficient (Wildman–Crippen LogP) is 4.57. The summed E-state index contributed by atoms with van der Waals surface area (Å²) in [5.41, 5.74) is 5.51. The molecule has 2 aromatic rings. The first kappa shape index (κ1) is 25.0. The average molecular weight is 501 g/mol. The molecule has 1 N–H and O–H groups in total. The van der Waals surface area contributed by atoms with Gasteiger partial charge in [-0.1, -0.05) is 66.2 Å². The van der Waals surface area contributed by atoms with Crippen LogP contribution >= 0.6 is 11.6 Å². The molecule has 1 aromatic carbocycles. The van der Waals surface area contributed by atoms with Crippen molar-refractivity contribution >= 4 is 29.4 Å². The smallest absolute Gasteiger partial charge is 0.0734 e. The first-order valence-electron chi connectivity index (χ1n) is 13.3. The lowest BCUT2D eigenvalue weighted by Crippen LogP contribution is -2.48. The zero-order valence-corrected chi connectivity index (χ0v) is 22.1. The van der Waals surface area contributed by atoms with Crippen LogP contribution in [0, 0.1) is 6.92 Å². The Hall–Kier alpha value is -2.66. The molecule has 1 atom stereocenters. The molecule has 188 valence electrons. The second-order valence-corrected chi connectivity index (χ2v) is 10.4. The van der Waals surface area contributed by atoms with Crippen molar-refractivity contribution < 1.29 is 0 Å². The number of halogens is 1. The summed E-state index contributed by atoms with van der Waals surface area (Å²) in [5, 5.41) is 6.50. The zero-order valence-electron chi connectivity index (χ0n) is 21.3. The van der Waals surface area contributed by atoms with Crippen LogP contribution in [-0.4, -0.2) is 60.6 Å². The molecular formula is C31H37ClN4. The fourth-order valence-electron chi connectivity index (χ4n) is 5.51. The molecule has 36 heavy (non-hydrogen) atoms. The normalized spacial score (nSPS) is 19.3. The Labute approximate surface area is 220 Å². The minimum absolute atomic E-state index is 0.453. The summed E-state index contributed by atoms with van der Waals surface area (Å²) in [5.74, 6) is 0.453. The van der Waals surface area contributed by atoms with Crippen LogP contribution in [0.1, 0.15) is 36.3 Å². The number of piperazine rings is 1. The van der Waals surface area contributed by atoms with Gasteiger partial charge in [-0.2, -0.15) is 0 Å². The quantitative estimate of drug-likeness (QED) is 0.575. The highest BCUT2D eigenvalue weighted by Gasteiger charge is 2.24. The Morgan fingerprint density at radius 2 is 1.83 bits per heavy atom. The van der Waals surface area contributed by atoms with Crippen molar-refractivity contribution in [1.29, 1.82) is 0 Å². The van der Waals surface area contributed by atoms with Gasteiger partial charge in [0.25, 0.3) is 0 Å². The third-order valence-electron chi connectivity index (χ3n) is 7.57. The summed E-state index contributed by atoms with van der Waals surface area (Å²) < 4.78 is 0. The number of nitrogens with one attached hydrogen (secondary N) is 1. The van der Waals surface area contributed by atoms with E-state index >= 15 is 0 Å². The highest BCUT2D eigenvalue weighted by Crippen LogP contribution is 2.31. The van der Waals surface area contributed by atoms with Crippen LogP contribution in [-0.2, 0) is 0 Å². The van der Waals surface area contributed by atoms with E-state index in [2.05, 4.69) is 81.7 Å². The highest BCUT2D eigenvalue weighted by atomic mass is 35.5. The largest absolute Gasteiger partial charge is 0.383 e. The van der Waals surface area contributed by atoms with E-state index in [1.54, 1.807) is 0 Å². The van der Waals surface area contributed by atoms with Crippen LogP contribution in [0.2, 0.25) is 0 Å². The Bertz CT molecular complexity index is 1270. The summed E-state index contributed by atoms with van der Waals surface area (Å²) in [7, 11) is 0. The topological polar surface area (TPSA) is 31.4 Å². The molecule has 0 bridgehead atoms. The number of nitrogens with zero attached hydrogens (tertiary/aromatic N) is 3. The molecule has 5 rings (SSSR count). The molecule has 4 nitrogen and oxygen atoms in total. The molecule has 3 aliphatic rings. The standard InChI is InChI=1S/C31H37ClN4/c1-24-8-5-6-12-27(24)29(25-9-3-2-4-10-25)23-36-20-18-35(19-21-36)17-16-34-30-14-15-33-31-22-26(32)11-7-13-28(30)31/h3,5-6,8-15,22,29,34H,2,4,7,16-21,23H2,1H3. The summed E-state index contributed by atoms with van der Waals surface area (Å²) >= 11 is 6.24. The Kier molecular flexibility index (Phi) is 8.37. The van der Waals surface area contributed by atoms with E-state index in [-0.39, 0.29) is 0 Å². The van der Waals surface area contributed by atoms with Crippen LogP contribution in [0.4, 0.5) is 5.69 Å². The maximum atomic E-state index is 6.24. The Morgan fingerprint density at radius 3 is 2.64 bits per heavy atom. The van der Waals surface area contributed by atoms with Gasteiger partial charge < -0.3 is 5.32 Å². The third-order valence-corrected chi connectivity index (χ3v) is 7.83. The van der Waals surface area contributed by atoms with E-state index in [4.69, 9.17) is 11.6 Å². The summed E-state index contributed by atoms with van der Waals surface area (Å²) in [4.78, 5) is 9.75. The van der Waals surface area contributed by atoms with Crippen molar-refractivity contribution in [3.8, 4) is 0 Å². The fourth-order valence-corrected chi connectivity index (χ4v) is 5.70. The number of hydrogen-bond donors (Lipinski definition) is 1. The molecule has 0 radical (unpaired) electrons. The SMILES string of the molecule is Cc1ccccc1C(CN1CCN(CCNc2ccnc3c2=CCC=C(Cl)C=3)CC1)C1=CCCC=C1. The van der Waals surface area contributed by atoms with Crippen molar-refractivity contribution in [3.05, 3.63) is 93.1 Å². The maximum absolute atomic E-state index is 6.24. The van der Waals surface area contributed by atoms with E-state index in [0.29, 0.717) is 5.92 Å². The molecule has 1 saturated heterocycles. The molecule has 1 fully saturated rings. The van der Waals surface area contributed by atoms with Crippen LogP contribution < -0.4 is 15.9 Å². The van der Waals surface area contributed by atoms with Crippen molar-refractivity contribution in [2.45, 2.75) is 32.1 Å². The van der Waals surface area contributed by atoms with Gasteiger partial charge in [-0.15, -0.1) is 0 Å². The Morgan fingerprint density at radius 1 is 1.00 bits per heavy atom. The summed E-state index contributed by atoms with van der Waals surface area (Å²) in [6, 6.07) is 11.0. The predicted molar refractivity (Wildman–Crippen MR) is 153 cm³/mol. The number of hydrogen-bond acceptors (Lipinski definition) is 4. The summed E-state index contributed by atoms with van der Waals surface area (Å²) in [6.07, 6.45) is 18.4. The van der Waals surface area contributed by atoms with Crippen LogP contribution in [0.25, 0.3) is 12.2 Å². The maximum Gasteiger partial charge on any atom is 0.0734 e. The molecule has 1 aromatic heterocycles. The van der Waals surface area contributed by atoms with Crippen molar-refractivity contribution in [1.82, 2.24) is 14.8 Å². The number of rotatable bonds is 8. The van der Waals surface area contributed by atoms with Crippen LogP contribution in [0.5, 0.6) is 0 Å².